The molecule has 4 heteroatoms. The van der Waals surface area contributed by atoms with Crippen molar-refractivity contribution in [1.82, 2.24) is 0 Å². The van der Waals surface area contributed by atoms with E-state index in [2.05, 4.69) is 168 Å². The van der Waals surface area contributed by atoms with Gasteiger partial charge in [0.15, 0.2) is 0 Å². The molecule has 7 aromatic rings. The fraction of sp³-hybridized carbons (Fsp3) is 0. The van der Waals surface area contributed by atoms with Crippen LogP contribution >= 0.6 is 0 Å². The third-order valence-corrected chi connectivity index (χ3v) is 10.7. The van der Waals surface area contributed by atoms with Crippen LogP contribution in [0.2, 0.25) is 0 Å². The van der Waals surface area contributed by atoms with E-state index in [0.29, 0.717) is 0 Å². The van der Waals surface area contributed by atoms with Gasteiger partial charge in [0.25, 0.3) is 0 Å². The molecule has 0 aromatic heterocycles. The lowest BCUT2D eigenvalue weighted by Crippen LogP contribution is -2.58. The van der Waals surface area contributed by atoms with Gasteiger partial charge < -0.3 is 9.80 Å². The first-order valence-electron chi connectivity index (χ1n) is 16.2. The van der Waals surface area contributed by atoms with Crippen molar-refractivity contribution >= 4 is 80.3 Å². The number of fused-ring (bicyclic) bond motifs is 10. The number of hydrogen-bond acceptors (Lipinski definition) is 2. The summed E-state index contributed by atoms with van der Waals surface area (Å²) in [6.45, 7) is 0.341. The van der Waals surface area contributed by atoms with Crippen LogP contribution in [0.5, 0.6) is 0 Å². The van der Waals surface area contributed by atoms with Gasteiger partial charge in [-0.2, -0.15) is 0 Å². The standard InChI is InChI=1S/C42H26B2N2/c1-3-13-27(14-4-1)45-37-23-11-19-31-29-17-7-9-21-33(29)43(41(31)37)35-26-40-36(25-39(35)45)44-34-22-10-8-18-30(34)32-20-12-24-38(42(32)44)46(40)28-15-5-2-6-16-28/h1-26H. The Hall–Kier alpha value is -5.73. The average molecular weight is 580 g/mol. The maximum atomic E-state index is 2.54. The zero-order valence-electron chi connectivity index (χ0n) is 25.1. The van der Waals surface area contributed by atoms with E-state index in [1.54, 1.807) is 0 Å². The molecule has 0 spiro atoms. The normalized spacial score (nSPS) is 13.9. The summed E-state index contributed by atoms with van der Waals surface area (Å²) in [6, 6.07) is 58.7. The summed E-state index contributed by atoms with van der Waals surface area (Å²) in [5, 5.41) is 0. The minimum Gasteiger partial charge on any atom is -0.312 e. The minimum absolute atomic E-state index is 0.170. The Morgan fingerprint density at radius 3 is 1.15 bits per heavy atom. The molecule has 0 unspecified atom stereocenters. The quantitative estimate of drug-likeness (QED) is 0.223. The third-order valence-electron chi connectivity index (χ3n) is 10.7. The Labute approximate surface area is 269 Å². The van der Waals surface area contributed by atoms with E-state index in [0.717, 1.165) is 0 Å². The first kappa shape index (κ1) is 24.6. The summed E-state index contributed by atoms with van der Waals surface area (Å²) in [7, 11) is 0. The second-order valence-corrected chi connectivity index (χ2v) is 12.8. The highest BCUT2D eigenvalue weighted by Crippen LogP contribution is 2.44. The van der Waals surface area contributed by atoms with Crippen molar-refractivity contribution in [3.8, 4) is 22.3 Å². The van der Waals surface area contributed by atoms with Crippen LogP contribution in [-0.2, 0) is 0 Å². The Balaban J connectivity index is 1.27. The highest BCUT2D eigenvalue weighted by Gasteiger charge is 2.47. The Bertz CT molecular complexity index is 2220. The summed E-state index contributed by atoms with van der Waals surface area (Å²) < 4.78 is 0. The van der Waals surface area contributed by atoms with Gasteiger partial charge in [-0.3, -0.25) is 0 Å². The van der Waals surface area contributed by atoms with Gasteiger partial charge in [-0.25, -0.2) is 0 Å². The number of hydrogen-bond donors (Lipinski definition) is 0. The van der Waals surface area contributed by atoms with Gasteiger partial charge >= 0.3 is 0 Å². The molecule has 0 atom stereocenters. The van der Waals surface area contributed by atoms with Crippen molar-refractivity contribution in [2.24, 2.45) is 0 Å². The molecule has 0 N–H and O–H groups in total. The molecule has 7 aromatic carbocycles. The van der Waals surface area contributed by atoms with Crippen LogP contribution in [0, 0.1) is 0 Å². The maximum Gasteiger partial charge on any atom is 0.248 e. The van der Waals surface area contributed by atoms with Gasteiger partial charge in [-0.05, 0) is 92.6 Å². The molecule has 46 heavy (non-hydrogen) atoms. The molecule has 210 valence electrons. The summed E-state index contributed by atoms with van der Waals surface area (Å²) in [5.41, 5.74) is 21.2. The van der Waals surface area contributed by atoms with Crippen LogP contribution in [0.1, 0.15) is 0 Å². The molecule has 0 amide bonds. The van der Waals surface area contributed by atoms with E-state index in [1.807, 2.05) is 0 Å². The van der Waals surface area contributed by atoms with Gasteiger partial charge in [0.05, 0.1) is 0 Å². The zero-order chi connectivity index (χ0) is 29.9. The van der Waals surface area contributed by atoms with Crippen LogP contribution in [-0.4, -0.2) is 13.4 Å². The second kappa shape index (κ2) is 8.93. The highest BCUT2D eigenvalue weighted by molar-refractivity contribution is 7.03. The van der Waals surface area contributed by atoms with Crippen LogP contribution in [0.15, 0.2) is 158 Å². The van der Waals surface area contributed by atoms with Crippen molar-refractivity contribution in [2.45, 2.75) is 0 Å². The van der Waals surface area contributed by atoms with Crippen molar-refractivity contribution < 1.29 is 0 Å². The fourth-order valence-corrected chi connectivity index (χ4v) is 8.95. The Morgan fingerprint density at radius 1 is 0.304 bits per heavy atom. The number of para-hydroxylation sites is 2. The topological polar surface area (TPSA) is 6.48 Å². The van der Waals surface area contributed by atoms with Gasteiger partial charge in [0.2, 0.25) is 13.4 Å². The van der Waals surface area contributed by atoms with Crippen molar-refractivity contribution in [3.63, 3.8) is 0 Å². The zero-order valence-corrected chi connectivity index (χ0v) is 25.1. The lowest BCUT2D eigenvalue weighted by molar-refractivity contribution is 1.27. The molecule has 0 aliphatic carbocycles. The van der Waals surface area contributed by atoms with Gasteiger partial charge in [0, 0.05) is 34.1 Å². The van der Waals surface area contributed by atoms with Crippen molar-refractivity contribution in [3.05, 3.63) is 158 Å². The molecule has 0 saturated carbocycles. The van der Waals surface area contributed by atoms with E-state index in [9.17, 15) is 0 Å². The Morgan fingerprint density at radius 2 is 0.696 bits per heavy atom. The summed E-state index contributed by atoms with van der Waals surface area (Å²) >= 11 is 0. The predicted molar refractivity (Wildman–Crippen MR) is 196 cm³/mol. The van der Waals surface area contributed by atoms with E-state index in [4.69, 9.17) is 0 Å². The summed E-state index contributed by atoms with van der Waals surface area (Å²) in [5.74, 6) is 0. The van der Waals surface area contributed by atoms with Crippen LogP contribution in [0.4, 0.5) is 34.1 Å². The minimum atomic E-state index is 0.170. The summed E-state index contributed by atoms with van der Waals surface area (Å²) in [4.78, 5) is 5.04. The van der Waals surface area contributed by atoms with Crippen LogP contribution in [0.3, 0.4) is 0 Å². The first-order valence-corrected chi connectivity index (χ1v) is 16.2. The fourth-order valence-electron chi connectivity index (χ4n) is 8.95. The SMILES string of the molecule is c1ccc(N2c3cc4c(cc3B3c5ccccc5-c5cccc2c53)N(c2ccccc2)c2cccc3c2B4c2ccccc2-3)cc1. The lowest BCUT2D eigenvalue weighted by atomic mass is 9.34. The van der Waals surface area contributed by atoms with Crippen molar-refractivity contribution in [1.29, 1.82) is 0 Å². The van der Waals surface area contributed by atoms with E-state index >= 15 is 0 Å². The lowest BCUT2D eigenvalue weighted by Gasteiger charge is -2.41. The highest BCUT2D eigenvalue weighted by atomic mass is 15.2. The molecule has 0 bridgehead atoms. The Kier molecular flexibility index (Phi) is 4.77. The number of nitrogens with zero attached hydrogens (tertiary/aromatic N) is 2. The molecule has 0 radical (unpaired) electrons. The average Bonchev–Trinajstić information content (AvgIpc) is 3.64. The number of rotatable bonds is 2. The molecule has 4 heterocycles. The molecule has 4 aliphatic heterocycles. The van der Waals surface area contributed by atoms with E-state index in [1.165, 1.54) is 89.2 Å². The van der Waals surface area contributed by atoms with E-state index in [-0.39, 0.29) is 13.4 Å². The van der Waals surface area contributed by atoms with Crippen LogP contribution < -0.4 is 42.6 Å². The van der Waals surface area contributed by atoms with Crippen molar-refractivity contribution in [2.75, 3.05) is 9.80 Å². The summed E-state index contributed by atoms with van der Waals surface area (Å²) in [6.07, 6.45) is 0. The molecule has 4 aliphatic rings. The smallest absolute Gasteiger partial charge is 0.248 e. The second-order valence-electron chi connectivity index (χ2n) is 12.8. The van der Waals surface area contributed by atoms with E-state index < -0.39 is 0 Å². The molecule has 2 nitrogen and oxygen atoms in total. The molecule has 0 fully saturated rings. The molecular formula is C42H26B2N2. The third kappa shape index (κ3) is 3.04. The van der Waals surface area contributed by atoms with Gasteiger partial charge in [0.1, 0.15) is 0 Å². The predicted octanol–water partition coefficient (Wildman–Crippen LogP) is 6.25. The largest absolute Gasteiger partial charge is 0.312 e. The number of benzene rings is 7. The number of anilines is 6. The van der Waals surface area contributed by atoms with Gasteiger partial charge in [-0.1, -0.05) is 120 Å². The molecular weight excluding hydrogens is 554 g/mol. The first-order chi connectivity index (χ1) is 22.9. The maximum absolute atomic E-state index is 2.54. The van der Waals surface area contributed by atoms with Crippen LogP contribution in [0.25, 0.3) is 22.3 Å². The molecule has 11 rings (SSSR count). The van der Waals surface area contributed by atoms with Gasteiger partial charge in [-0.15, -0.1) is 0 Å². The molecule has 0 saturated heterocycles. The monoisotopic (exact) mass is 580 g/mol.